The molecule has 0 radical (unpaired) electrons. The summed E-state index contributed by atoms with van der Waals surface area (Å²) in [6, 6.07) is 0. The summed E-state index contributed by atoms with van der Waals surface area (Å²) in [5, 5.41) is 0.143. The van der Waals surface area contributed by atoms with Crippen LogP contribution in [0.2, 0.25) is 0 Å². The Hall–Kier alpha value is -0.990. The van der Waals surface area contributed by atoms with Gasteiger partial charge in [0.2, 0.25) is 0 Å². The van der Waals surface area contributed by atoms with Crippen LogP contribution in [0.1, 0.15) is 33.6 Å². The number of nitrogens with one attached hydrogen (secondary N) is 1. The van der Waals surface area contributed by atoms with Gasteiger partial charge in [0.15, 0.2) is 0 Å². The maximum absolute atomic E-state index is 11.9. The predicted octanol–water partition coefficient (Wildman–Crippen LogP) is 1.95. The highest BCUT2D eigenvalue weighted by molar-refractivity contribution is 7.85. The van der Waals surface area contributed by atoms with Crippen molar-refractivity contribution in [2.45, 2.75) is 39.2 Å². The van der Waals surface area contributed by atoms with E-state index in [1.807, 2.05) is 20.8 Å². The number of likely N-dealkylation sites (tertiary alicyclic amines) is 1. The highest BCUT2D eigenvalue weighted by Crippen LogP contribution is 2.22. The predicted molar refractivity (Wildman–Crippen MR) is 79.0 cm³/mol. The number of amides is 1. The first-order chi connectivity index (χ1) is 9.48. The summed E-state index contributed by atoms with van der Waals surface area (Å²) in [5.74, 6) is 0. The van der Waals surface area contributed by atoms with Crippen molar-refractivity contribution in [3.63, 3.8) is 0 Å². The topological polar surface area (TPSA) is 84.9 Å². The van der Waals surface area contributed by atoms with Gasteiger partial charge in [-0.25, -0.2) is 10.3 Å². The number of carbonyl (C=O) groups is 1. The molecule has 7 nitrogen and oxygen atoms in total. The molecular formula is C12H21ClN2O5S. The molecule has 1 fully saturated rings. The van der Waals surface area contributed by atoms with Gasteiger partial charge in [-0.2, -0.15) is 12.7 Å². The van der Waals surface area contributed by atoms with Gasteiger partial charge >= 0.3 is 6.09 Å². The SMILES string of the molecule is CC(C)(C)OC(=O)N1CCC(=C(Cl)NOS(C)(=O)=O)CC1. The van der Waals surface area contributed by atoms with Crippen molar-refractivity contribution in [1.82, 2.24) is 10.4 Å². The van der Waals surface area contributed by atoms with Crippen molar-refractivity contribution in [2.24, 2.45) is 0 Å². The molecule has 0 aliphatic carbocycles. The molecule has 1 amide bonds. The van der Waals surface area contributed by atoms with E-state index in [2.05, 4.69) is 9.76 Å². The highest BCUT2D eigenvalue weighted by Gasteiger charge is 2.25. The lowest BCUT2D eigenvalue weighted by atomic mass is 10.1. The zero-order valence-electron chi connectivity index (χ0n) is 12.6. The van der Waals surface area contributed by atoms with E-state index in [0.29, 0.717) is 25.9 Å². The van der Waals surface area contributed by atoms with Crippen molar-refractivity contribution >= 4 is 27.8 Å². The number of nitrogens with zero attached hydrogens (tertiary/aromatic N) is 1. The Bertz CT molecular complexity index is 514. The first-order valence-corrected chi connectivity index (χ1v) is 8.67. The molecule has 1 aliphatic rings. The fourth-order valence-electron chi connectivity index (χ4n) is 1.69. The van der Waals surface area contributed by atoms with Crippen LogP contribution in [-0.4, -0.2) is 44.4 Å². The van der Waals surface area contributed by atoms with Crippen LogP contribution in [-0.2, 0) is 19.1 Å². The number of carbonyl (C=O) groups excluding carboxylic acids is 1. The number of halogens is 1. The summed E-state index contributed by atoms with van der Waals surface area (Å²) < 4.78 is 31.4. The number of hydrogen-bond acceptors (Lipinski definition) is 6. The second kappa shape index (κ2) is 6.85. The van der Waals surface area contributed by atoms with Gasteiger partial charge in [0, 0.05) is 13.1 Å². The van der Waals surface area contributed by atoms with Gasteiger partial charge in [0.05, 0.1) is 6.26 Å². The van der Waals surface area contributed by atoms with Crippen LogP contribution in [0.5, 0.6) is 0 Å². The monoisotopic (exact) mass is 340 g/mol. The molecule has 1 heterocycles. The third-order valence-corrected chi connectivity index (χ3v) is 3.34. The fraction of sp³-hybridized carbons (Fsp3) is 0.750. The zero-order chi connectivity index (χ0) is 16.3. The van der Waals surface area contributed by atoms with Crippen LogP contribution < -0.4 is 5.48 Å². The van der Waals surface area contributed by atoms with Gasteiger partial charge in [-0.15, -0.1) is 0 Å². The van der Waals surface area contributed by atoms with Crippen molar-refractivity contribution in [3.05, 3.63) is 10.7 Å². The van der Waals surface area contributed by atoms with E-state index in [0.717, 1.165) is 11.8 Å². The number of piperidine rings is 1. The maximum Gasteiger partial charge on any atom is 0.410 e. The molecule has 21 heavy (non-hydrogen) atoms. The van der Waals surface area contributed by atoms with Crippen molar-refractivity contribution in [1.29, 1.82) is 0 Å². The minimum Gasteiger partial charge on any atom is -0.444 e. The van der Waals surface area contributed by atoms with E-state index < -0.39 is 15.7 Å². The van der Waals surface area contributed by atoms with E-state index >= 15 is 0 Å². The lowest BCUT2D eigenvalue weighted by molar-refractivity contribution is 0.0235. The zero-order valence-corrected chi connectivity index (χ0v) is 14.2. The molecule has 1 rings (SSSR count). The third kappa shape index (κ3) is 7.01. The largest absolute Gasteiger partial charge is 0.444 e. The van der Waals surface area contributed by atoms with Crippen LogP contribution in [0.4, 0.5) is 4.79 Å². The first kappa shape index (κ1) is 18.1. The van der Waals surface area contributed by atoms with Gasteiger partial charge < -0.3 is 9.64 Å². The average molecular weight is 341 g/mol. The van der Waals surface area contributed by atoms with E-state index in [9.17, 15) is 13.2 Å². The summed E-state index contributed by atoms with van der Waals surface area (Å²) >= 11 is 5.94. The fourth-order valence-corrected chi connectivity index (χ4v) is 2.20. The molecule has 0 saturated carbocycles. The second-order valence-corrected chi connectivity index (χ2v) is 7.73. The summed E-state index contributed by atoms with van der Waals surface area (Å²) in [6.07, 6.45) is 1.61. The minimum atomic E-state index is -3.62. The number of hydroxylamine groups is 1. The Morgan fingerprint density at radius 1 is 1.29 bits per heavy atom. The Morgan fingerprint density at radius 3 is 2.24 bits per heavy atom. The Labute approximate surface area is 130 Å². The van der Waals surface area contributed by atoms with Crippen LogP contribution in [0.25, 0.3) is 0 Å². The molecule has 1 aliphatic heterocycles. The van der Waals surface area contributed by atoms with Crippen LogP contribution in [0.3, 0.4) is 0 Å². The summed E-state index contributed by atoms with van der Waals surface area (Å²) in [5.41, 5.74) is 2.47. The van der Waals surface area contributed by atoms with E-state index in [-0.39, 0.29) is 11.2 Å². The van der Waals surface area contributed by atoms with Crippen molar-refractivity contribution in [2.75, 3.05) is 19.3 Å². The Balaban J connectivity index is 2.53. The smallest absolute Gasteiger partial charge is 0.410 e. The average Bonchev–Trinajstić information content (AvgIpc) is 2.33. The molecule has 0 unspecified atom stereocenters. The molecular weight excluding hydrogens is 320 g/mol. The van der Waals surface area contributed by atoms with Gasteiger partial charge in [0.1, 0.15) is 10.8 Å². The molecule has 0 atom stereocenters. The van der Waals surface area contributed by atoms with Crippen LogP contribution in [0, 0.1) is 0 Å². The standard InChI is InChI=1S/C12H21ClN2O5S/c1-12(2,3)19-11(16)15-7-5-9(6-8-15)10(13)14-20-21(4,17)18/h14H,5-8H2,1-4H3. The number of hydrogen-bond donors (Lipinski definition) is 1. The lowest BCUT2D eigenvalue weighted by Gasteiger charge is -2.31. The first-order valence-electron chi connectivity index (χ1n) is 6.48. The molecule has 0 aromatic heterocycles. The molecule has 0 bridgehead atoms. The summed E-state index contributed by atoms with van der Waals surface area (Å²) in [4.78, 5) is 13.5. The Morgan fingerprint density at radius 2 is 1.81 bits per heavy atom. The lowest BCUT2D eigenvalue weighted by Crippen LogP contribution is -2.40. The second-order valence-electron chi connectivity index (χ2n) is 5.77. The molecule has 9 heteroatoms. The van der Waals surface area contributed by atoms with Crippen LogP contribution in [0.15, 0.2) is 10.7 Å². The molecule has 1 N–H and O–H groups in total. The number of ether oxygens (including phenoxy) is 1. The Kier molecular flexibility index (Phi) is 5.89. The molecule has 0 spiro atoms. The summed E-state index contributed by atoms with van der Waals surface area (Å²) in [7, 11) is -3.62. The summed E-state index contributed by atoms with van der Waals surface area (Å²) in [6.45, 7) is 6.35. The van der Waals surface area contributed by atoms with Gasteiger partial charge in [-0.1, -0.05) is 11.6 Å². The number of rotatable bonds is 3. The third-order valence-electron chi connectivity index (χ3n) is 2.61. The minimum absolute atomic E-state index is 0.143. The van der Waals surface area contributed by atoms with Gasteiger partial charge in [-0.3, -0.25) is 0 Å². The van der Waals surface area contributed by atoms with E-state index in [1.54, 1.807) is 4.90 Å². The van der Waals surface area contributed by atoms with Crippen molar-refractivity contribution in [3.8, 4) is 0 Å². The van der Waals surface area contributed by atoms with E-state index in [1.165, 1.54) is 0 Å². The maximum atomic E-state index is 11.9. The normalized spacial score (nSPS) is 16.6. The molecule has 1 saturated heterocycles. The molecule has 0 aromatic carbocycles. The highest BCUT2D eigenvalue weighted by atomic mass is 35.5. The van der Waals surface area contributed by atoms with Gasteiger partial charge in [0.25, 0.3) is 10.1 Å². The van der Waals surface area contributed by atoms with E-state index in [4.69, 9.17) is 16.3 Å². The van der Waals surface area contributed by atoms with Gasteiger partial charge in [-0.05, 0) is 39.2 Å². The quantitative estimate of drug-likeness (QED) is 0.624. The molecule has 0 aromatic rings. The van der Waals surface area contributed by atoms with Crippen LogP contribution >= 0.6 is 11.6 Å². The molecule has 122 valence electrons. The van der Waals surface area contributed by atoms with Crippen molar-refractivity contribution < 1.29 is 22.2 Å².